The highest BCUT2D eigenvalue weighted by Crippen LogP contribution is 2.43. The van der Waals surface area contributed by atoms with Crippen LogP contribution >= 0.6 is 0 Å². The van der Waals surface area contributed by atoms with E-state index in [4.69, 9.17) is 9.72 Å². The first-order valence-corrected chi connectivity index (χ1v) is 15.1. The molecule has 3 saturated heterocycles. The molecular formula is C31H42FN5O3. The van der Waals surface area contributed by atoms with Crippen molar-refractivity contribution >= 4 is 11.8 Å². The predicted molar refractivity (Wildman–Crippen MR) is 149 cm³/mol. The minimum absolute atomic E-state index is 0.0417. The standard InChI is InChI=1S/C31H42FN5O3/c1-20-33-29-8-12-35(21(2)38)19-30(29)37(20)27-17-25-6-7-26(18-27)36(25)13-9-28(23-4-3-5-24(32)16-23)34-31(39)22-10-14-40-15-11-22/h3-5,16,22,25-28H,6-15,17-19H2,1-2H3,(H,34,39)/t25?,26?,27?,28-/m0/s1. The van der Waals surface area contributed by atoms with Crippen LogP contribution in [0.25, 0.3) is 0 Å². The zero-order chi connectivity index (χ0) is 27.8. The molecule has 2 aromatic rings. The van der Waals surface area contributed by atoms with Crippen LogP contribution in [0.15, 0.2) is 24.3 Å². The quantitative estimate of drug-likeness (QED) is 0.561. The number of amides is 2. The number of fused-ring (bicyclic) bond motifs is 3. The number of hydrogen-bond acceptors (Lipinski definition) is 5. The van der Waals surface area contributed by atoms with Crippen molar-refractivity contribution in [3.8, 4) is 0 Å². The number of hydrogen-bond donors (Lipinski definition) is 1. The smallest absolute Gasteiger partial charge is 0.223 e. The fourth-order valence-electron chi connectivity index (χ4n) is 7.66. The van der Waals surface area contributed by atoms with Gasteiger partial charge in [-0.1, -0.05) is 12.1 Å². The maximum Gasteiger partial charge on any atom is 0.223 e. The molecule has 2 unspecified atom stereocenters. The monoisotopic (exact) mass is 551 g/mol. The molecule has 0 spiro atoms. The number of ether oxygens (including phenoxy) is 1. The van der Waals surface area contributed by atoms with Gasteiger partial charge < -0.3 is 19.5 Å². The van der Waals surface area contributed by atoms with E-state index in [2.05, 4.69) is 21.7 Å². The van der Waals surface area contributed by atoms with Crippen LogP contribution in [-0.4, -0.2) is 69.6 Å². The van der Waals surface area contributed by atoms with Crippen LogP contribution in [0.3, 0.4) is 0 Å². The summed E-state index contributed by atoms with van der Waals surface area (Å²) in [4.78, 5) is 34.7. The molecule has 9 heteroatoms. The molecule has 3 fully saturated rings. The van der Waals surface area contributed by atoms with Crippen LogP contribution < -0.4 is 5.32 Å². The van der Waals surface area contributed by atoms with Crippen molar-refractivity contribution in [3.63, 3.8) is 0 Å². The van der Waals surface area contributed by atoms with E-state index in [-0.39, 0.29) is 29.6 Å². The average molecular weight is 552 g/mol. The zero-order valence-corrected chi connectivity index (χ0v) is 23.8. The number of rotatable bonds is 7. The zero-order valence-electron chi connectivity index (χ0n) is 23.8. The topological polar surface area (TPSA) is 79.7 Å². The number of imidazole rings is 1. The Hall–Kier alpha value is -2.78. The first-order valence-electron chi connectivity index (χ1n) is 15.1. The van der Waals surface area contributed by atoms with Crippen molar-refractivity contribution in [2.24, 2.45) is 5.92 Å². The Morgan fingerprint density at radius 1 is 1.12 bits per heavy atom. The van der Waals surface area contributed by atoms with Crippen LogP contribution in [-0.2, 0) is 27.3 Å². The summed E-state index contributed by atoms with van der Waals surface area (Å²) in [5.74, 6) is 0.934. The van der Waals surface area contributed by atoms with Crippen molar-refractivity contribution in [2.75, 3.05) is 26.3 Å². The Morgan fingerprint density at radius 3 is 2.58 bits per heavy atom. The van der Waals surface area contributed by atoms with Crippen LogP contribution in [0.1, 0.15) is 86.7 Å². The molecule has 0 saturated carbocycles. The highest BCUT2D eigenvalue weighted by atomic mass is 19.1. The molecule has 5 heterocycles. The van der Waals surface area contributed by atoms with E-state index in [9.17, 15) is 14.0 Å². The van der Waals surface area contributed by atoms with Crippen LogP contribution in [0.4, 0.5) is 4.39 Å². The molecular weight excluding hydrogens is 509 g/mol. The summed E-state index contributed by atoms with van der Waals surface area (Å²) in [5.41, 5.74) is 3.21. The van der Waals surface area contributed by atoms with E-state index in [0.29, 0.717) is 37.9 Å². The first kappa shape index (κ1) is 27.4. The summed E-state index contributed by atoms with van der Waals surface area (Å²) in [6, 6.07) is 7.81. The van der Waals surface area contributed by atoms with Gasteiger partial charge >= 0.3 is 0 Å². The van der Waals surface area contributed by atoms with Gasteiger partial charge in [-0.05, 0) is 69.6 Å². The molecule has 8 nitrogen and oxygen atoms in total. The molecule has 4 aliphatic heterocycles. The molecule has 40 heavy (non-hydrogen) atoms. The highest BCUT2D eigenvalue weighted by Gasteiger charge is 2.42. The van der Waals surface area contributed by atoms with Gasteiger partial charge in [0.15, 0.2) is 0 Å². The Labute approximate surface area is 236 Å². The summed E-state index contributed by atoms with van der Waals surface area (Å²) in [5, 5.41) is 3.27. The summed E-state index contributed by atoms with van der Waals surface area (Å²) in [6.07, 6.45) is 7.55. The molecule has 6 rings (SSSR count). The van der Waals surface area contributed by atoms with E-state index in [0.717, 1.165) is 68.7 Å². The molecule has 1 N–H and O–H groups in total. The number of piperidine rings is 1. The van der Waals surface area contributed by atoms with Crippen molar-refractivity contribution < 1.29 is 18.7 Å². The van der Waals surface area contributed by atoms with Gasteiger partial charge in [0.05, 0.1) is 24.0 Å². The number of carbonyl (C=O) groups is 2. The highest BCUT2D eigenvalue weighted by molar-refractivity contribution is 5.79. The van der Waals surface area contributed by atoms with Gasteiger partial charge in [-0.2, -0.15) is 0 Å². The number of aromatic nitrogens is 2. The summed E-state index contributed by atoms with van der Waals surface area (Å²) >= 11 is 0. The number of benzene rings is 1. The van der Waals surface area contributed by atoms with Crippen LogP contribution in [0.5, 0.6) is 0 Å². The van der Waals surface area contributed by atoms with Crippen LogP contribution in [0, 0.1) is 18.7 Å². The first-order chi connectivity index (χ1) is 19.4. The Balaban J connectivity index is 1.14. The number of nitrogens with zero attached hydrogens (tertiary/aromatic N) is 4. The number of aryl methyl sites for hydroxylation is 1. The lowest BCUT2D eigenvalue weighted by molar-refractivity contribution is -0.130. The van der Waals surface area contributed by atoms with Gasteiger partial charge in [0.25, 0.3) is 0 Å². The second-order valence-electron chi connectivity index (χ2n) is 12.2. The Morgan fingerprint density at radius 2 is 1.88 bits per heavy atom. The van der Waals surface area contributed by atoms with Gasteiger partial charge in [-0.3, -0.25) is 14.5 Å². The third-order valence-electron chi connectivity index (χ3n) is 9.73. The Bertz CT molecular complexity index is 1230. The third-order valence-corrected chi connectivity index (χ3v) is 9.73. The van der Waals surface area contributed by atoms with Gasteiger partial charge in [0, 0.05) is 63.7 Å². The summed E-state index contributed by atoms with van der Waals surface area (Å²) in [6.45, 7) is 7.27. The van der Waals surface area contributed by atoms with Crippen LogP contribution in [0.2, 0.25) is 0 Å². The van der Waals surface area contributed by atoms with E-state index in [1.165, 1.54) is 24.6 Å². The van der Waals surface area contributed by atoms with E-state index >= 15 is 0 Å². The van der Waals surface area contributed by atoms with Crippen molar-refractivity contribution in [2.45, 2.75) is 95.9 Å². The number of carbonyl (C=O) groups excluding carboxylic acids is 2. The minimum atomic E-state index is -0.272. The molecule has 4 aliphatic rings. The molecule has 216 valence electrons. The SMILES string of the molecule is CC(=O)N1CCc2nc(C)n(C3CC4CCC(C3)N4CC[C@H](NC(=O)C3CCOCC3)c3cccc(F)c3)c2C1. The maximum absolute atomic E-state index is 14.2. The predicted octanol–water partition coefficient (Wildman–Crippen LogP) is 4.08. The molecule has 2 amide bonds. The molecule has 1 aromatic carbocycles. The molecule has 0 aliphatic carbocycles. The van der Waals surface area contributed by atoms with Gasteiger partial charge in [0.1, 0.15) is 11.6 Å². The molecule has 3 atom stereocenters. The molecule has 1 aromatic heterocycles. The molecule has 2 bridgehead atoms. The number of nitrogens with one attached hydrogen (secondary N) is 1. The lowest BCUT2D eigenvalue weighted by Crippen LogP contribution is -2.46. The maximum atomic E-state index is 14.2. The fraction of sp³-hybridized carbons (Fsp3) is 0.645. The van der Waals surface area contributed by atoms with E-state index in [1.807, 2.05) is 11.0 Å². The third kappa shape index (κ3) is 5.55. The molecule has 0 radical (unpaired) electrons. The summed E-state index contributed by atoms with van der Waals surface area (Å²) in [7, 11) is 0. The number of halogens is 1. The summed E-state index contributed by atoms with van der Waals surface area (Å²) < 4.78 is 22.1. The average Bonchev–Trinajstić information content (AvgIpc) is 3.40. The van der Waals surface area contributed by atoms with E-state index < -0.39 is 0 Å². The lowest BCUT2D eigenvalue weighted by Gasteiger charge is -2.41. The fourth-order valence-corrected chi connectivity index (χ4v) is 7.66. The normalized spacial score (nSPS) is 26.0. The second-order valence-corrected chi connectivity index (χ2v) is 12.2. The second kappa shape index (κ2) is 11.6. The van der Waals surface area contributed by atoms with Crippen molar-refractivity contribution in [1.82, 2.24) is 24.7 Å². The minimum Gasteiger partial charge on any atom is -0.381 e. The van der Waals surface area contributed by atoms with Gasteiger partial charge in [0.2, 0.25) is 11.8 Å². The Kier molecular flexibility index (Phi) is 7.95. The van der Waals surface area contributed by atoms with Gasteiger partial charge in [-0.25, -0.2) is 9.37 Å². The van der Waals surface area contributed by atoms with E-state index in [1.54, 1.807) is 19.1 Å². The largest absolute Gasteiger partial charge is 0.381 e. The lowest BCUT2D eigenvalue weighted by atomic mass is 9.94. The van der Waals surface area contributed by atoms with Crippen molar-refractivity contribution in [1.29, 1.82) is 0 Å². The van der Waals surface area contributed by atoms with Crippen molar-refractivity contribution in [3.05, 3.63) is 52.9 Å². The van der Waals surface area contributed by atoms with Gasteiger partial charge in [-0.15, -0.1) is 0 Å².